The first kappa shape index (κ1) is 11.9. The van der Waals surface area contributed by atoms with Gasteiger partial charge >= 0.3 is 0 Å². The van der Waals surface area contributed by atoms with E-state index in [9.17, 15) is 5.11 Å². The molecular formula is C12H16BrNO2. The predicted octanol–water partition coefficient (Wildman–Crippen LogP) is 2.91. The van der Waals surface area contributed by atoms with Crippen LogP contribution in [0.4, 0.5) is 0 Å². The van der Waals surface area contributed by atoms with Gasteiger partial charge in [-0.1, -0.05) is 12.8 Å². The quantitative estimate of drug-likeness (QED) is 0.925. The van der Waals surface area contributed by atoms with Crippen LogP contribution in [-0.4, -0.2) is 16.7 Å². The van der Waals surface area contributed by atoms with Gasteiger partial charge in [0.2, 0.25) is 5.88 Å². The number of aliphatic hydroxyl groups excluding tert-OH is 1. The molecule has 3 nitrogen and oxygen atoms in total. The third kappa shape index (κ3) is 2.95. The number of pyridine rings is 1. The van der Waals surface area contributed by atoms with Crippen molar-refractivity contribution in [2.45, 2.75) is 32.3 Å². The molecule has 0 radical (unpaired) electrons. The van der Waals surface area contributed by atoms with E-state index in [2.05, 4.69) is 20.9 Å². The molecule has 0 atom stereocenters. The number of aromatic nitrogens is 1. The summed E-state index contributed by atoms with van der Waals surface area (Å²) in [6.45, 7) is 0.689. The maximum absolute atomic E-state index is 9.19. The lowest BCUT2D eigenvalue weighted by molar-refractivity contribution is 0.226. The van der Waals surface area contributed by atoms with Crippen LogP contribution in [0.1, 0.15) is 31.2 Å². The van der Waals surface area contributed by atoms with Crippen molar-refractivity contribution in [2.75, 3.05) is 6.61 Å². The minimum absolute atomic E-state index is 0.0353. The number of hydrogen-bond donors (Lipinski definition) is 1. The van der Waals surface area contributed by atoms with Gasteiger partial charge in [-0.15, -0.1) is 0 Å². The minimum Gasteiger partial charge on any atom is -0.477 e. The molecule has 16 heavy (non-hydrogen) atoms. The van der Waals surface area contributed by atoms with Gasteiger partial charge in [0.1, 0.15) is 0 Å². The first-order valence-electron chi connectivity index (χ1n) is 5.67. The maximum atomic E-state index is 9.19. The molecule has 0 bridgehead atoms. The Hall–Kier alpha value is -0.610. The van der Waals surface area contributed by atoms with E-state index in [4.69, 9.17) is 4.74 Å². The van der Waals surface area contributed by atoms with Crippen molar-refractivity contribution in [3.05, 3.63) is 22.3 Å². The summed E-state index contributed by atoms with van der Waals surface area (Å²) in [5, 5.41) is 9.19. The molecule has 0 saturated heterocycles. The summed E-state index contributed by atoms with van der Waals surface area (Å²) < 4.78 is 6.54. The molecule has 0 spiro atoms. The Bertz CT molecular complexity index is 351. The zero-order valence-electron chi connectivity index (χ0n) is 9.16. The molecule has 88 valence electrons. The summed E-state index contributed by atoms with van der Waals surface area (Å²) in [5.74, 6) is 1.23. The Morgan fingerprint density at radius 3 is 2.88 bits per heavy atom. The van der Waals surface area contributed by atoms with Gasteiger partial charge in [0, 0.05) is 16.2 Å². The lowest BCUT2D eigenvalue weighted by Crippen LogP contribution is -2.10. The second kappa shape index (κ2) is 5.64. The van der Waals surface area contributed by atoms with E-state index < -0.39 is 0 Å². The zero-order chi connectivity index (χ0) is 11.4. The van der Waals surface area contributed by atoms with Crippen molar-refractivity contribution in [3.63, 3.8) is 0 Å². The number of ether oxygens (including phenoxy) is 1. The lowest BCUT2D eigenvalue weighted by Gasteiger charge is -2.12. The molecule has 1 aromatic rings. The molecule has 1 saturated carbocycles. The Kier molecular flexibility index (Phi) is 4.18. The molecule has 1 fully saturated rings. The van der Waals surface area contributed by atoms with E-state index in [1.165, 1.54) is 25.7 Å². The normalized spacial score (nSPS) is 16.6. The number of nitrogens with zero attached hydrogens (tertiary/aromatic N) is 1. The number of rotatable bonds is 4. The van der Waals surface area contributed by atoms with Gasteiger partial charge in [-0.05, 0) is 40.8 Å². The average molecular weight is 286 g/mol. The Balaban J connectivity index is 1.97. The smallest absolute Gasteiger partial charge is 0.218 e. The molecular weight excluding hydrogens is 270 g/mol. The van der Waals surface area contributed by atoms with Crippen LogP contribution in [0.3, 0.4) is 0 Å². The fourth-order valence-corrected chi connectivity index (χ4v) is 2.46. The van der Waals surface area contributed by atoms with Crippen LogP contribution >= 0.6 is 15.9 Å². The van der Waals surface area contributed by atoms with E-state index in [1.54, 1.807) is 6.20 Å². The minimum atomic E-state index is -0.0353. The highest BCUT2D eigenvalue weighted by molar-refractivity contribution is 9.10. The van der Waals surface area contributed by atoms with Crippen LogP contribution in [0.15, 0.2) is 16.7 Å². The maximum Gasteiger partial charge on any atom is 0.218 e. The topological polar surface area (TPSA) is 42.4 Å². The van der Waals surface area contributed by atoms with Crippen molar-refractivity contribution in [1.29, 1.82) is 0 Å². The summed E-state index contributed by atoms with van der Waals surface area (Å²) in [4.78, 5) is 4.18. The molecule has 0 amide bonds. The van der Waals surface area contributed by atoms with Crippen LogP contribution in [0.2, 0.25) is 0 Å². The molecule has 0 aromatic carbocycles. The second-order valence-electron chi connectivity index (χ2n) is 4.24. The zero-order valence-corrected chi connectivity index (χ0v) is 10.7. The van der Waals surface area contributed by atoms with Gasteiger partial charge in [-0.3, -0.25) is 0 Å². The summed E-state index contributed by atoms with van der Waals surface area (Å²) in [6.07, 6.45) is 6.84. The largest absolute Gasteiger partial charge is 0.477 e. The van der Waals surface area contributed by atoms with Gasteiger partial charge in [-0.25, -0.2) is 4.98 Å². The molecule has 1 aliphatic rings. The Labute approximate surface area is 104 Å². The SMILES string of the molecule is OCc1cc(Br)cnc1OCC1CCCC1. The van der Waals surface area contributed by atoms with Crippen LogP contribution < -0.4 is 4.74 Å². The number of aliphatic hydroxyl groups is 1. The summed E-state index contributed by atoms with van der Waals surface area (Å²) in [6, 6.07) is 1.84. The van der Waals surface area contributed by atoms with E-state index in [1.807, 2.05) is 6.07 Å². The summed E-state index contributed by atoms with van der Waals surface area (Å²) >= 11 is 3.33. The molecule has 1 aliphatic carbocycles. The number of halogens is 1. The van der Waals surface area contributed by atoms with Crippen molar-refractivity contribution in [3.8, 4) is 5.88 Å². The predicted molar refractivity (Wildman–Crippen MR) is 65.3 cm³/mol. The lowest BCUT2D eigenvalue weighted by atomic mass is 10.1. The molecule has 1 aromatic heterocycles. The van der Waals surface area contributed by atoms with E-state index in [0.29, 0.717) is 11.8 Å². The fourth-order valence-electron chi connectivity index (χ4n) is 2.09. The first-order valence-corrected chi connectivity index (χ1v) is 6.47. The molecule has 1 heterocycles. The fraction of sp³-hybridized carbons (Fsp3) is 0.583. The Morgan fingerprint density at radius 2 is 2.19 bits per heavy atom. The van der Waals surface area contributed by atoms with E-state index >= 15 is 0 Å². The van der Waals surface area contributed by atoms with Crippen LogP contribution in [0, 0.1) is 5.92 Å². The number of hydrogen-bond acceptors (Lipinski definition) is 3. The van der Waals surface area contributed by atoms with Gasteiger partial charge in [0.05, 0.1) is 13.2 Å². The highest BCUT2D eigenvalue weighted by Crippen LogP contribution is 2.26. The van der Waals surface area contributed by atoms with Crippen LogP contribution in [0.5, 0.6) is 5.88 Å². The third-order valence-electron chi connectivity index (χ3n) is 2.99. The van der Waals surface area contributed by atoms with Gasteiger partial charge in [0.15, 0.2) is 0 Å². The van der Waals surface area contributed by atoms with Crippen molar-refractivity contribution >= 4 is 15.9 Å². The third-order valence-corrected chi connectivity index (χ3v) is 3.43. The highest BCUT2D eigenvalue weighted by atomic mass is 79.9. The molecule has 1 N–H and O–H groups in total. The van der Waals surface area contributed by atoms with E-state index in [0.717, 1.165) is 16.6 Å². The Morgan fingerprint density at radius 1 is 1.44 bits per heavy atom. The van der Waals surface area contributed by atoms with Crippen LogP contribution in [0.25, 0.3) is 0 Å². The molecule has 0 aliphatic heterocycles. The van der Waals surface area contributed by atoms with Crippen molar-refractivity contribution < 1.29 is 9.84 Å². The highest BCUT2D eigenvalue weighted by Gasteiger charge is 2.16. The molecule has 2 rings (SSSR count). The van der Waals surface area contributed by atoms with Gasteiger partial charge < -0.3 is 9.84 Å². The van der Waals surface area contributed by atoms with Crippen molar-refractivity contribution in [1.82, 2.24) is 4.98 Å². The summed E-state index contributed by atoms with van der Waals surface area (Å²) in [7, 11) is 0. The first-order chi connectivity index (χ1) is 7.79. The van der Waals surface area contributed by atoms with E-state index in [-0.39, 0.29) is 6.61 Å². The van der Waals surface area contributed by atoms with Gasteiger partial charge in [0.25, 0.3) is 0 Å². The summed E-state index contributed by atoms with van der Waals surface area (Å²) in [5.41, 5.74) is 0.743. The average Bonchev–Trinajstić information content (AvgIpc) is 2.80. The molecule has 0 unspecified atom stereocenters. The van der Waals surface area contributed by atoms with Crippen LogP contribution in [-0.2, 0) is 6.61 Å². The van der Waals surface area contributed by atoms with Crippen molar-refractivity contribution in [2.24, 2.45) is 5.92 Å². The standard InChI is InChI=1S/C12H16BrNO2/c13-11-5-10(7-15)12(14-6-11)16-8-9-3-1-2-4-9/h5-6,9,15H,1-4,7-8H2. The molecule has 4 heteroatoms. The second-order valence-corrected chi connectivity index (χ2v) is 5.15. The monoisotopic (exact) mass is 285 g/mol. The van der Waals surface area contributed by atoms with Gasteiger partial charge in [-0.2, -0.15) is 0 Å².